The minimum atomic E-state index is -4.56. The summed E-state index contributed by atoms with van der Waals surface area (Å²) < 4.78 is 92.8. The van der Waals surface area contributed by atoms with Crippen LogP contribution in [0.2, 0.25) is 0 Å². The first-order valence-corrected chi connectivity index (χ1v) is 13.3. The van der Waals surface area contributed by atoms with E-state index < -0.39 is 31.8 Å². The standard InChI is InChI=1S/C22H27F3N2O4S2/c1-21(2,3)17-5-9-19(10-6-17)32(28,29)26-13-4-14-27(16-15-26)33(30,31)20-11-7-18(8-12-20)22(23,24)25/h5-12H,4,13-16H2,1-3H3. The Morgan fingerprint density at radius 2 is 1.00 bits per heavy atom. The Labute approximate surface area is 193 Å². The van der Waals surface area contributed by atoms with Crippen molar-refractivity contribution in [3.05, 3.63) is 59.7 Å². The van der Waals surface area contributed by atoms with Gasteiger partial charge >= 0.3 is 6.18 Å². The Kier molecular flexibility index (Phi) is 7.01. The van der Waals surface area contributed by atoms with Crippen LogP contribution in [0, 0.1) is 0 Å². The third-order valence-electron chi connectivity index (χ3n) is 5.59. The summed E-state index contributed by atoms with van der Waals surface area (Å²) in [5.41, 5.74) is -0.0730. The number of alkyl halides is 3. The molecular weight excluding hydrogens is 477 g/mol. The smallest absolute Gasteiger partial charge is 0.207 e. The van der Waals surface area contributed by atoms with Gasteiger partial charge in [-0.15, -0.1) is 0 Å². The van der Waals surface area contributed by atoms with Crippen LogP contribution in [0.25, 0.3) is 0 Å². The van der Waals surface area contributed by atoms with E-state index in [2.05, 4.69) is 0 Å². The zero-order valence-corrected chi connectivity index (χ0v) is 20.3. The normalized spacial score (nSPS) is 17.6. The van der Waals surface area contributed by atoms with Gasteiger partial charge in [0.2, 0.25) is 20.0 Å². The predicted molar refractivity (Wildman–Crippen MR) is 119 cm³/mol. The number of halogens is 3. The van der Waals surface area contributed by atoms with Crippen molar-refractivity contribution in [3.8, 4) is 0 Å². The molecule has 11 heteroatoms. The number of sulfonamides is 2. The molecule has 33 heavy (non-hydrogen) atoms. The van der Waals surface area contributed by atoms with Gasteiger partial charge in [-0.3, -0.25) is 0 Å². The van der Waals surface area contributed by atoms with Crippen LogP contribution in [-0.2, 0) is 31.6 Å². The molecule has 1 aliphatic rings. The summed E-state index contributed by atoms with van der Waals surface area (Å²) in [5, 5.41) is 0. The van der Waals surface area contributed by atoms with Gasteiger partial charge < -0.3 is 0 Å². The van der Waals surface area contributed by atoms with E-state index in [1.165, 1.54) is 4.31 Å². The highest BCUT2D eigenvalue weighted by atomic mass is 32.2. The fourth-order valence-corrected chi connectivity index (χ4v) is 6.53. The van der Waals surface area contributed by atoms with Crippen LogP contribution in [0.1, 0.15) is 38.3 Å². The summed E-state index contributed by atoms with van der Waals surface area (Å²) >= 11 is 0. The zero-order chi connectivity index (χ0) is 24.7. The number of rotatable bonds is 4. The quantitative estimate of drug-likeness (QED) is 0.629. The molecule has 0 radical (unpaired) electrons. The Hall–Kier alpha value is -1.95. The maximum absolute atomic E-state index is 13.1. The van der Waals surface area contributed by atoms with Crippen LogP contribution in [-0.4, -0.2) is 51.6 Å². The molecule has 0 spiro atoms. The summed E-state index contributed by atoms with van der Waals surface area (Å²) in [6.07, 6.45) is -4.30. The molecule has 0 N–H and O–H groups in total. The van der Waals surface area contributed by atoms with Crippen LogP contribution < -0.4 is 0 Å². The molecule has 0 unspecified atom stereocenters. The SMILES string of the molecule is CC(C)(C)c1ccc(S(=O)(=O)N2CCCN(S(=O)(=O)c3ccc(C(F)(F)F)cc3)CC2)cc1. The third-order valence-corrected chi connectivity index (χ3v) is 9.42. The van der Waals surface area contributed by atoms with Crippen LogP contribution >= 0.6 is 0 Å². The van der Waals surface area contributed by atoms with Gasteiger partial charge in [0.1, 0.15) is 0 Å². The second-order valence-corrected chi connectivity index (χ2v) is 12.8. The monoisotopic (exact) mass is 504 g/mol. The number of benzene rings is 2. The minimum absolute atomic E-state index is 0.0524. The summed E-state index contributed by atoms with van der Waals surface area (Å²) in [6.45, 7) is 6.14. The van der Waals surface area contributed by atoms with E-state index in [-0.39, 0.29) is 47.8 Å². The van der Waals surface area contributed by atoms with Crippen molar-refractivity contribution in [1.82, 2.24) is 8.61 Å². The molecule has 1 heterocycles. The maximum Gasteiger partial charge on any atom is 0.416 e. The lowest BCUT2D eigenvalue weighted by molar-refractivity contribution is -0.137. The van der Waals surface area contributed by atoms with Crippen molar-refractivity contribution < 1.29 is 30.0 Å². The molecule has 0 aliphatic carbocycles. The third kappa shape index (κ3) is 5.59. The van der Waals surface area contributed by atoms with Crippen molar-refractivity contribution >= 4 is 20.0 Å². The molecule has 182 valence electrons. The summed E-state index contributed by atoms with van der Waals surface area (Å²) in [5.74, 6) is 0. The second kappa shape index (κ2) is 9.01. The van der Waals surface area contributed by atoms with E-state index >= 15 is 0 Å². The minimum Gasteiger partial charge on any atom is -0.207 e. The number of hydrogen-bond acceptors (Lipinski definition) is 4. The predicted octanol–water partition coefficient (Wildman–Crippen LogP) is 4.09. The van der Waals surface area contributed by atoms with Crippen LogP contribution in [0.15, 0.2) is 58.3 Å². The molecule has 2 aromatic rings. The van der Waals surface area contributed by atoms with Crippen LogP contribution in [0.3, 0.4) is 0 Å². The number of hydrogen-bond donors (Lipinski definition) is 0. The lowest BCUT2D eigenvalue weighted by Gasteiger charge is -2.23. The first-order valence-electron chi connectivity index (χ1n) is 10.4. The molecule has 0 aromatic heterocycles. The van der Waals surface area contributed by atoms with E-state index in [0.29, 0.717) is 0 Å². The first kappa shape index (κ1) is 25.7. The Morgan fingerprint density at radius 3 is 1.33 bits per heavy atom. The van der Waals surface area contributed by atoms with E-state index in [9.17, 15) is 30.0 Å². The highest BCUT2D eigenvalue weighted by molar-refractivity contribution is 7.89. The molecular formula is C22H27F3N2O4S2. The second-order valence-electron chi connectivity index (χ2n) is 8.96. The van der Waals surface area contributed by atoms with Crippen LogP contribution in [0.5, 0.6) is 0 Å². The molecule has 0 bridgehead atoms. The van der Waals surface area contributed by atoms with Crippen molar-refractivity contribution in [3.63, 3.8) is 0 Å². The largest absolute Gasteiger partial charge is 0.416 e. The maximum atomic E-state index is 13.1. The average Bonchev–Trinajstić information content (AvgIpc) is 3.00. The van der Waals surface area contributed by atoms with Crippen LogP contribution in [0.4, 0.5) is 13.2 Å². The molecule has 1 saturated heterocycles. The van der Waals surface area contributed by atoms with E-state index in [1.54, 1.807) is 24.3 Å². The van der Waals surface area contributed by atoms with Gasteiger partial charge in [0.25, 0.3) is 0 Å². The van der Waals surface area contributed by atoms with Crippen molar-refractivity contribution in [2.45, 2.75) is 48.6 Å². The molecule has 6 nitrogen and oxygen atoms in total. The van der Waals surface area contributed by atoms with Gasteiger partial charge in [-0.2, -0.15) is 21.8 Å². The Balaban J connectivity index is 1.77. The lowest BCUT2D eigenvalue weighted by Crippen LogP contribution is -2.37. The van der Waals surface area contributed by atoms with Crippen molar-refractivity contribution in [2.24, 2.45) is 0 Å². The molecule has 0 amide bonds. The topological polar surface area (TPSA) is 74.8 Å². The lowest BCUT2D eigenvalue weighted by atomic mass is 9.87. The van der Waals surface area contributed by atoms with Gasteiger partial charge in [-0.05, 0) is 53.8 Å². The molecule has 0 saturated carbocycles. The molecule has 1 aliphatic heterocycles. The molecule has 0 atom stereocenters. The average molecular weight is 505 g/mol. The van der Waals surface area contributed by atoms with Gasteiger partial charge in [0.15, 0.2) is 0 Å². The molecule has 2 aromatic carbocycles. The van der Waals surface area contributed by atoms with Gasteiger partial charge in [-0.1, -0.05) is 32.9 Å². The highest BCUT2D eigenvalue weighted by Gasteiger charge is 2.34. The van der Waals surface area contributed by atoms with Gasteiger partial charge in [0.05, 0.1) is 15.4 Å². The fraction of sp³-hybridized carbons (Fsp3) is 0.455. The summed E-state index contributed by atoms with van der Waals surface area (Å²) in [4.78, 5) is -0.126. The van der Waals surface area contributed by atoms with E-state index in [4.69, 9.17) is 0 Å². The van der Waals surface area contributed by atoms with Gasteiger partial charge in [0, 0.05) is 26.2 Å². The van der Waals surface area contributed by atoms with E-state index in [0.717, 1.165) is 34.1 Å². The van der Waals surface area contributed by atoms with E-state index in [1.807, 2.05) is 20.8 Å². The summed E-state index contributed by atoms with van der Waals surface area (Å²) in [6, 6.07) is 9.95. The molecule has 3 rings (SSSR count). The first-order chi connectivity index (χ1) is 15.1. The van der Waals surface area contributed by atoms with Crippen molar-refractivity contribution in [1.29, 1.82) is 0 Å². The highest BCUT2D eigenvalue weighted by Crippen LogP contribution is 2.31. The van der Waals surface area contributed by atoms with Crippen molar-refractivity contribution in [2.75, 3.05) is 26.2 Å². The summed E-state index contributed by atoms with van der Waals surface area (Å²) in [7, 11) is -7.87. The fourth-order valence-electron chi connectivity index (χ4n) is 3.59. The number of nitrogens with zero attached hydrogens (tertiary/aromatic N) is 2. The van der Waals surface area contributed by atoms with Gasteiger partial charge in [-0.25, -0.2) is 16.8 Å². The molecule has 1 fully saturated rings. The zero-order valence-electron chi connectivity index (χ0n) is 18.6. The Morgan fingerprint density at radius 1 is 0.636 bits per heavy atom. The Bertz CT molecular complexity index is 1090.